The van der Waals surface area contributed by atoms with Crippen molar-refractivity contribution >= 4 is 0 Å². The van der Waals surface area contributed by atoms with Gasteiger partial charge in [-0.15, -0.1) is 0 Å². The Hall–Kier alpha value is -0.140. The molecule has 0 nitrogen and oxygen atoms in total. The van der Waals surface area contributed by atoms with Gasteiger partial charge in [0.1, 0.15) is 0 Å². The number of hydrogen-bond acceptors (Lipinski definition) is 0. The molecule has 0 aliphatic heterocycles. The van der Waals surface area contributed by atoms with Crippen LogP contribution in [0.5, 0.6) is 0 Å². The van der Waals surface area contributed by atoms with E-state index in [-0.39, 0.29) is 6.42 Å². The van der Waals surface area contributed by atoms with Crippen LogP contribution in [0.4, 0.5) is 8.78 Å². The van der Waals surface area contributed by atoms with E-state index < -0.39 is 5.92 Å². The van der Waals surface area contributed by atoms with Gasteiger partial charge in [-0.1, -0.05) is 39.5 Å². The SMILES string of the molecule is CCCC(CCC)CCC(C)(F)F. The number of rotatable bonds is 7. The van der Waals surface area contributed by atoms with Crippen molar-refractivity contribution in [3.8, 4) is 0 Å². The predicted molar refractivity (Wildman–Crippen MR) is 53.2 cm³/mol. The van der Waals surface area contributed by atoms with Gasteiger partial charge in [-0.3, -0.25) is 0 Å². The first-order valence-electron chi connectivity index (χ1n) is 5.37. The van der Waals surface area contributed by atoms with E-state index in [2.05, 4.69) is 13.8 Å². The van der Waals surface area contributed by atoms with Crippen LogP contribution in [-0.2, 0) is 0 Å². The van der Waals surface area contributed by atoms with Crippen LogP contribution in [0.15, 0.2) is 0 Å². The molecule has 2 heteroatoms. The van der Waals surface area contributed by atoms with Gasteiger partial charge in [-0.2, -0.15) is 0 Å². The summed E-state index contributed by atoms with van der Waals surface area (Å²) in [4.78, 5) is 0. The van der Waals surface area contributed by atoms with E-state index in [0.29, 0.717) is 12.3 Å². The van der Waals surface area contributed by atoms with E-state index in [9.17, 15) is 8.78 Å². The smallest absolute Gasteiger partial charge is 0.207 e. The van der Waals surface area contributed by atoms with Crippen LogP contribution in [0.3, 0.4) is 0 Å². The molecule has 0 N–H and O–H groups in total. The highest BCUT2D eigenvalue weighted by Gasteiger charge is 2.22. The van der Waals surface area contributed by atoms with Gasteiger partial charge >= 0.3 is 0 Å². The molecule has 0 saturated carbocycles. The summed E-state index contributed by atoms with van der Waals surface area (Å²) in [5, 5.41) is 0. The Kier molecular flexibility index (Phi) is 6.27. The summed E-state index contributed by atoms with van der Waals surface area (Å²) >= 11 is 0. The normalized spacial score (nSPS) is 12.5. The monoisotopic (exact) mass is 192 g/mol. The van der Waals surface area contributed by atoms with Gasteiger partial charge in [0.25, 0.3) is 0 Å². The third-order valence-electron chi connectivity index (χ3n) is 2.39. The fourth-order valence-corrected chi connectivity index (χ4v) is 1.71. The summed E-state index contributed by atoms with van der Waals surface area (Å²) in [5.74, 6) is -1.96. The highest BCUT2D eigenvalue weighted by Crippen LogP contribution is 2.26. The van der Waals surface area contributed by atoms with Gasteiger partial charge in [0.15, 0.2) is 0 Å². The first kappa shape index (κ1) is 12.9. The maximum Gasteiger partial charge on any atom is 0.245 e. The summed E-state index contributed by atoms with van der Waals surface area (Å²) < 4.78 is 25.1. The Bertz CT molecular complexity index is 110. The van der Waals surface area contributed by atoms with Gasteiger partial charge in [0.05, 0.1) is 0 Å². The Balaban J connectivity index is 3.68. The number of hydrogen-bond donors (Lipinski definition) is 0. The van der Waals surface area contributed by atoms with Gasteiger partial charge < -0.3 is 0 Å². The topological polar surface area (TPSA) is 0 Å². The van der Waals surface area contributed by atoms with Crippen molar-refractivity contribution < 1.29 is 8.78 Å². The molecule has 0 atom stereocenters. The Morgan fingerprint density at radius 2 is 1.46 bits per heavy atom. The lowest BCUT2D eigenvalue weighted by molar-refractivity contribution is 0.00589. The fourth-order valence-electron chi connectivity index (χ4n) is 1.71. The molecule has 0 aromatic carbocycles. The minimum atomic E-state index is -2.47. The van der Waals surface area contributed by atoms with Crippen LogP contribution in [-0.4, -0.2) is 5.92 Å². The van der Waals surface area contributed by atoms with Crippen LogP contribution in [0, 0.1) is 5.92 Å². The van der Waals surface area contributed by atoms with Crippen LogP contribution in [0.2, 0.25) is 0 Å². The zero-order valence-electron chi connectivity index (χ0n) is 9.08. The molecule has 0 aliphatic rings. The summed E-state index contributed by atoms with van der Waals surface area (Å²) in [6, 6.07) is 0. The van der Waals surface area contributed by atoms with E-state index >= 15 is 0 Å². The second-order valence-corrected chi connectivity index (χ2v) is 4.05. The molecule has 0 saturated heterocycles. The van der Waals surface area contributed by atoms with Crippen molar-refractivity contribution in [2.75, 3.05) is 0 Å². The molecule has 80 valence electrons. The molecule has 0 bridgehead atoms. The Morgan fingerprint density at radius 1 is 1.00 bits per heavy atom. The maximum atomic E-state index is 12.6. The van der Waals surface area contributed by atoms with Crippen LogP contribution < -0.4 is 0 Å². The molecule has 0 unspecified atom stereocenters. The molecule has 0 rings (SSSR count). The van der Waals surface area contributed by atoms with Gasteiger partial charge in [-0.25, -0.2) is 8.78 Å². The fraction of sp³-hybridized carbons (Fsp3) is 1.00. The zero-order chi connectivity index (χ0) is 10.3. The lowest BCUT2D eigenvalue weighted by atomic mass is 9.92. The average molecular weight is 192 g/mol. The second kappa shape index (κ2) is 6.33. The van der Waals surface area contributed by atoms with E-state index in [1.807, 2.05) is 0 Å². The summed E-state index contributed by atoms with van der Waals surface area (Å²) in [6.07, 6.45) is 5.16. The van der Waals surface area contributed by atoms with E-state index in [4.69, 9.17) is 0 Å². The molecule has 0 amide bonds. The highest BCUT2D eigenvalue weighted by atomic mass is 19.3. The molecule has 0 heterocycles. The minimum Gasteiger partial charge on any atom is -0.207 e. The minimum absolute atomic E-state index is 0.0532. The zero-order valence-corrected chi connectivity index (χ0v) is 9.08. The molecule has 0 aromatic rings. The van der Waals surface area contributed by atoms with Crippen molar-refractivity contribution in [2.45, 2.75) is 65.2 Å². The van der Waals surface area contributed by atoms with Crippen molar-refractivity contribution in [2.24, 2.45) is 5.92 Å². The van der Waals surface area contributed by atoms with Crippen LogP contribution >= 0.6 is 0 Å². The summed E-state index contributed by atoms with van der Waals surface area (Å²) in [5.41, 5.74) is 0. The number of halogens is 2. The lowest BCUT2D eigenvalue weighted by Crippen LogP contribution is -2.12. The Morgan fingerprint density at radius 3 is 1.77 bits per heavy atom. The molecule has 0 aromatic heterocycles. The summed E-state index contributed by atoms with van der Waals surface area (Å²) in [7, 11) is 0. The van der Waals surface area contributed by atoms with Crippen LogP contribution in [0.25, 0.3) is 0 Å². The van der Waals surface area contributed by atoms with E-state index in [0.717, 1.165) is 32.6 Å². The highest BCUT2D eigenvalue weighted by molar-refractivity contribution is 4.64. The van der Waals surface area contributed by atoms with Crippen molar-refractivity contribution in [1.82, 2.24) is 0 Å². The Labute approximate surface area is 80.7 Å². The average Bonchev–Trinajstić information content (AvgIpc) is 2.00. The number of alkyl halides is 2. The van der Waals surface area contributed by atoms with Crippen LogP contribution in [0.1, 0.15) is 59.3 Å². The van der Waals surface area contributed by atoms with Gasteiger partial charge in [-0.05, 0) is 19.3 Å². The van der Waals surface area contributed by atoms with Crippen molar-refractivity contribution in [3.63, 3.8) is 0 Å². The van der Waals surface area contributed by atoms with Crippen molar-refractivity contribution in [1.29, 1.82) is 0 Å². The molecular weight excluding hydrogens is 170 g/mol. The molecule has 0 aliphatic carbocycles. The first-order valence-corrected chi connectivity index (χ1v) is 5.37. The van der Waals surface area contributed by atoms with E-state index in [1.165, 1.54) is 0 Å². The largest absolute Gasteiger partial charge is 0.245 e. The van der Waals surface area contributed by atoms with E-state index in [1.54, 1.807) is 0 Å². The third-order valence-corrected chi connectivity index (χ3v) is 2.39. The van der Waals surface area contributed by atoms with Gasteiger partial charge in [0, 0.05) is 6.42 Å². The first-order chi connectivity index (χ1) is 5.99. The molecule has 0 spiro atoms. The molecule has 13 heavy (non-hydrogen) atoms. The lowest BCUT2D eigenvalue weighted by Gasteiger charge is -2.17. The molecular formula is C11H22F2. The maximum absolute atomic E-state index is 12.6. The molecule has 0 radical (unpaired) electrons. The van der Waals surface area contributed by atoms with Crippen molar-refractivity contribution in [3.05, 3.63) is 0 Å². The standard InChI is InChI=1S/C11H22F2/c1-4-6-10(7-5-2)8-9-11(3,12)13/h10H,4-9H2,1-3H3. The predicted octanol–water partition coefficient (Wildman–Crippen LogP) is 4.64. The third kappa shape index (κ3) is 8.20. The van der Waals surface area contributed by atoms with Gasteiger partial charge in [0.2, 0.25) is 5.92 Å². The quantitative estimate of drug-likeness (QED) is 0.551. The second-order valence-electron chi connectivity index (χ2n) is 4.05. The summed E-state index contributed by atoms with van der Waals surface area (Å²) in [6.45, 7) is 5.25. The molecule has 0 fully saturated rings.